The molecular weight excluding hydrogens is 252 g/mol. The predicted octanol–water partition coefficient (Wildman–Crippen LogP) is 2.15. The first-order valence-electron chi connectivity index (χ1n) is 5.49. The van der Waals surface area contributed by atoms with Gasteiger partial charge in [0.1, 0.15) is 11.0 Å². The van der Waals surface area contributed by atoms with Crippen LogP contribution in [-0.2, 0) is 0 Å². The van der Waals surface area contributed by atoms with Gasteiger partial charge in [0, 0.05) is 25.7 Å². The van der Waals surface area contributed by atoms with Gasteiger partial charge in [-0.3, -0.25) is 4.79 Å². The first-order chi connectivity index (χ1) is 8.49. The van der Waals surface area contributed by atoms with Gasteiger partial charge in [-0.15, -0.1) is 0 Å². The van der Waals surface area contributed by atoms with Crippen LogP contribution in [0.2, 0.25) is 5.15 Å². The standard InChI is InChI=1S/C12H15ClN4O/c1-8(4-5-14)17(3)12(18)9-6-10(13)16-11(7-9)15-2/h6-8H,4H2,1-3H3,(H,15,16). The number of pyridine rings is 1. The monoisotopic (exact) mass is 266 g/mol. The summed E-state index contributed by atoms with van der Waals surface area (Å²) in [4.78, 5) is 17.7. The van der Waals surface area contributed by atoms with Crippen molar-refractivity contribution in [2.24, 2.45) is 0 Å². The van der Waals surface area contributed by atoms with Gasteiger partial charge in [0.15, 0.2) is 0 Å². The van der Waals surface area contributed by atoms with Gasteiger partial charge in [-0.25, -0.2) is 4.98 Å². The van der Waals surface area contributed by atoms with E-state index in [4.69, 9.17) is 16.9 Å². The molecule has 96 valence electrons. The molecule has 1 heterocycles. The van der Waals surface area contributed by atoms with Gasteiger partial charge in [-0.1, -0.05) is 11.6 Å². The molecular formula is C12H15ClN4O. The molecule has 0 aromatic carbocycles. The molecule has 0 spiro atoms. The summed E-state index contributed by atoms with van der Waals surface area (Å²) in [6.07, 6.45) is 0.292. The molecule has 0 bridgehead atoms. The zero-order chi connectivity index (χ0) is 13.7. The van der Waals surface area contributed by atoms with Crippen LogP contribution in [0.4, 0.5) is 5.82 Å². The van der Waals surface area contributed by atoms with Crippen LogP contribution in [0.3, 0.4) is 0 Å². The number of nitrogens with zero attached hydrogens (tertiary/aromatic N) is 3. The highest BCUT2D eigenvalue weighted by molar-refractivity contribution is 6.29. The third kappa shape index (κ3) is 3.34. The molecule has 5 nitrogen and oxygen atoms in total. The molecule has 0 aliphatic rings. The molecule has 18 heavy (non-hydrogen) atoms. The quantitative estimate of drug-likeness (QED) is 0.848. The molecule has 0 fully saturated rings. The number of hydrogen-bond donors (Lipinski definition) is 1. The molecule has 0 aliphatic heterocycles. The maximum atomic E-state index is 12.2. The van der Waals surface area contributed by atoms with E-state index in [0.717, 1.165) is 0 Å². The van der Waals surface area contributed by atoms with E-state index in [1.165, 1.54) is 11.0 Å². The van der Waals surface area contributed by atoms with E-state index in [-0.39, 0.29) is 17.1 Å². The summed E-state index contributed by atoms with van der Waals surface area (Å²) in [6, 6.07) is 5.04. The molecule has 1 atom stereocenters. The Labute approximate surface area is 111 Å². The molecule has 1 rings (SSSR count). The molecule has 6 heteroatoms. The number of carbonyl (C=O) groups excluding carboxylic acids is 1. The lowest BCUT2D eigenvalue weighted by Gasteiger charge is -2.23. The fourth-order valence-corrected chi connectivity index (χ4v) is 1.63. The van der Waals surface area contributed by atoms with Crippen LogP contribution in [-0.4, -0.2) is 35.9 Å². The number of hydrogen-bond acceptors (Lipinski definition) is 4. The Hall–Kier alpha value is -1.80. The van der Waals surface area contributed by atoms with Gasteiger partial charge in [0.25, 0.3) is 5.91 Å². The summed E-state index contributed by atoms with van der Waals surface area (Å²) in [5, 5.41) is 11.7. The highest BCUT2D eigenvalue weighted by Crippen LogP contribution is 2.16. The fourth-order valence-electron chi connectivity index (χ4n) is 1.42. The van der Waals surface area contributed by atoms with Gasteiger partial charge < -0.3 is 10.2 Å². The van der Waals surface area contributed by atoms with Gasteiger partial charge >= 0.3 is 0 Å². The summed E-state index contributed by atoms with van der Waals surface area (Å²) in [5.41, 5.74) is 0.451. The van der Waals surface area contributed by atoms with Crippen LogP contribution in [0.15, 0.2) is 12.1 Å². The van der Waals surface area contributed by atoms with Crippen LogP contribution in [0.1, 0.15) is 23.7 Å². The number of halogens is 1. The third-order valence-corrected chi connectivity index (χ3v) is 2.86. The Bertz CT molecular complexity index is 483. The SMILES string of the molecule is CNc1cc(C(=O)N(C)C(C)CC#N)cc(Cl)n1. The first-order valence-corrected chi connectivity index (χ1v) is 5.86. The minimum atomic E-state index is -0.182. The van der Waals surface area contributed by atoms with Crippen molar-refractivity contribution in [3.8, 4) is 6.07 Å². The van der Waals surface area contributed by atoms with Gasteiger partial charge in [-0.2, -0.15) is 5.26 Å². The lowest BCUT2D eigenvalue weighted by Crippen LogP contribution is -2.34. The van der Waals surface area contributed by atoms with Crippen LogP contribution < -0.4 is 5.32 Å². The molecule has 1 aromatic heterocycles. The van der Waals surface area contributed by atoms with E-state index in [0.29, 0.717) is 17.8 Å². The van der Waals surface area contributed by atoms with Crippen LogP contribution in [0.5, 0.6) is 0 Å². The predicted molar refractivity (Wildman–Crippen MR) is 70.6 cm³/mol. The topological polar surface area (TPSA) is 69.0 Å². The van der Waals surface area contributed by atoms with Crippen LogP contribution in [0.25, 0.3) is 0 Å². The average molecular weight is 267 g/mol. The zero-order valence-corrected chi connectivity index (χ0v) is 11.3. The fraction of sp³-hybridized carbons (Fsp3) is 0.417. The largest absolute Gasteiger partial charge is 0.373 e. The third-order valence-electron chi connectivity index (χ3n) is 2.67. The second-order valence-electron chi connectivity index (χ2n) is 3.94. The highest BCUT2D eigenvalue weighted by Gasteiger charge is 2.18. The summed E-state index contributed by atoms with van der Waals surface area (Å²) in [7, 11) is 3.37. The zero-order valence-electron chi connectivity index (χ0n) is 10.6. The lowest BCUT2D eigenvalue weighted by atomic mass is 10.1. The Morgan fingerprint density at radius 1 is 1.67 bits per heavy atom. The smallest absolute Gasteiger partial charge is 0.254 e. The Morgan fingerprint density at radius 2 is 2.33 bits per heavy atom. The number of anilines is 1. The average Bonchev–Trinajstić information content (AvgIpc) is 2.36. The molecule has 1 aromatic rings. The Kier molecular flexibility index (Phi) is 4.93. The number of nitrogens with one attached hydrogen (secondary N) is 1. The number of aromatic nitrogens is 1. The van der Waals surface area contributed by atoms with E-state index in [1.807, 2.05) is 13.0 Å². The normalized spacial score (nSPS) is 11.5. The van der Waals surface area contributed by atoms with Crippen molar-refractivity contribution >= 4 is 23.3 Å². The minimum Gasteiger partial charge on any atom is -0.373 e. The summed E-state index contributed by atoms with van der Waals surface area (Å²) in [6.45, 7) is 1.82. The van der Waals surface area contributed by atoms with Crippen molar-refractivity contribution in [1.82, 2.24) is 9.88 Å². The Balaban J connectivity index is 2.96. The van der Waals surface area contributed by atoms with Crippen molar-refractivity contribution < 1.29 is 4.79 Å². The lowest BCUT2D eigenvalue weighted by molar-refractivity contribution is 0.0746. The maximum Gasteiger partial charge on any atom is 0.254 e. The second kappa shape index (κ2) is 6.22. The molecule has 0 aliphatic carbocycles. The van der Waals surface area contributed by atoms with E-state index in [1.54, 1.807) is 20.2 Å². The highest BCUT2D eigenvalue weighted by atomic mass is 35.5. The molecule has 0 radical (unpaired) electrons. The summed E-state index contributed by atoms with van der Waals surface area (Å²) < 4.78 is 0. The van der Waals surface area contributed by atoms with Crippen LogP contribution in [0, 0.1) is 11.3 Å². The number of carbonyl (C=O) groups is 1. The van der Waals surface area contributed by atoms with Crippen molar-refractivity contribution in [3.63, 3.8) is 0 Å². The summed E-state index contributed by atoms with van der Waals surface area (Å²) >= 11 is 5.84. The van der Waals surface area contributed by atoms with Gasteiger partial charge in [0.2, 0.25) is 0 Å². The molecule has 1 amide bonds. The molecule has 0 saturated heterocycles. The van der Waals surface area contributed by atoms with E-state index in [9.17, 15) is 4.79 Å². The van der Waals surface area contributed by atoms with Crippen molar-refractivity contribution in [1.29, 1.82) is 5.26 Å². The second-order valence-corrected chi connectivity index (χ2v) is 4.33. The Morgan fingerprint density at radius 3 is 2.89 bits per heavy atom. The molecule has 1 N–H and O–H groups in total. The number of amides is 1. The van der Waals surface area contributed by atoms with Crippen molar-refractivity contribution in [2.75, 3.05) is 19.4 Å². The van der Waals surface area contributed by atoms with E-state index >= 15 is 0 Å². The first kappa shape index (κ1) is 14.3. The number of nitriles is 1. The van der Waals surface area contributed by atoms with Gasteiger partial charge in [0.05, 0.1) is 12.5 Å². The molecule has 1 unspecified atom stereocenters. The summed E-state index contributed by atoms with van der Waals surface area (Å²) in [5.74, 6) is 0.353. The van der Waals surface area contributed by atoms with Gasteiger partial charge in [-0.05, 0) is 19.1 Å². The number of rotatable bonds is 4. The maximum absolute atomic E-state index is 12.2. The van der Waals surface area contributed by atoms with E-state index < -0.39 is 0 Å². The van der Waals surface area contributed by atoms with E-state index in [2.05, 4.69) is 10.3 Å². The van der Waals surface area contributed by atoms with Crippen molar-refractivity contribution in [2.45, 2.75) is 19.4 Å². The minimum absolute atomic E-state index is 0.146. The van der Waals surface area contributed by atoms with Crippen LogP contribution >= 0.6 is 11.6 Å². The molecule has 0 saturated carbocycles. The van der Waals surface area contributed by atoms with Crippen molar-refractivity contribution in [3.05, 3.63) is 22.8 Å².